The summed E-state index contributed by atoms with van der Waals surface area (Å²) in [4.78, 5) is 10.6. The third-order valence-corrected chi connectivity index (χ3v) is 1.22. The van der Waals surface area contributed by atoms with E-state index in [-0.39, 0.29) is 5.97 Å². The molecule has 0 amide bonds. The lowest BCUT2D eigenvalue weighted by Gasteiger charge is -1.95. The van der Waals surface area contributed by atoms with Gasteiger partial charge >= 0.3 is 5.97 Å². The van der Waals surface area contributed by atoms with E-state index in [2.05, 4.69) is 20.7 Å². The number of rotatable bonds is 4. The average molecular weight is 207 g/mol. The first-order valence-corrected chi connectivity index (χ1v) is 4.30. The van der Waals surface area contributed by atoms with Crippen LogP contribution in [0.15, 0.2) is 12.2 Å². The van der Waals surface area contributed by atoms with E-state index in [1.54, 1.807) is 13.0 Å². The second-order valence-corrected chi connectivity index (χ2v) is 2.28. The van der Waals surface area contributed by atoms with Crippen LogP contribution in [-0.4, -0.2) is 17.9 Å². The lowest BCUT2D eigenvalue weighted by Crippen LogP contribution is -2.01. The summed E-state index contributed by atoms with van der Waals surface area (Å²) in [5.74, 6) is -0.167. The predicted octanol–water partition coefficient (Wildman–Crippen LogP) is 1.89. The molecule has 0 aliphatic rings. The average Bonchev–Trinajstić information content (AvgIpc) is 1.89. The van der Waals surface area contributed by atoms with Crippen LogP contribution in [0.2, 0.25) is 0 Å². The molecule has 10 heavy (non-hydrogen) atoms. The minimum Gasteiger partial charge on any atom is -0.466 e. The molecule has 0 radical (unpaired) electrons. The minimum atomic E-state index is -0.167. The Bertz CT molecular complexity index is 121. The van der Waals surface area contributed by atoms with Crippen LogP contribution in [0.3, 0.4) is 0 Å². The summed E-state index contributed by atoms with van der Waals surface area (Å²) in [5.41, 5.74) is 0. The second kappa shape index (κ2) is 6.81. The van der Waals surface area contributed by atoms with Crippen molar-refractivity contribution in [2.24, 2.45) is 0 Å². The number of carbonyl (C=O) groups excluding carboxylic acids is 1. The molecule has 2 nitrogen and oxygen atoms in total. The normalized spacial score (nSPS) is 10.2. The molecule has 0 aromatic carbocycles. The summed E-state index contributed by atoms with van der Waals surface area (Å²) >= 11 is 3.20. The lowest BCUT2D eigenvalue weighted by atomic mass is 10.4. The smallest absolute Gasteiger partial charge is 0.309 e. The van der Waals surface area contributed by atoms with Crippen molar-refractivity contribution in [1.29, 1.82) is 0 Å². The summed E-state index contributed by atoms with van der Waals surface area (Å²) in [6, 6.07) is 0. The third kappa shape index (κ3) is 5.82. The first-order chi connectivity index (χ1) is 4.81. The van der Waals surface area contributed by atoms with E-state index < -0.39 is 0 Å². The van der Waals surface area contributed by atoms with Gasteiger partial charge in [0.2, 0.25) is 0 Å². The van der Waals surface area contributed by atoms with Gasteiger partial charge in [-0.25, -0.2) is 0 Å². The van der Waals surface area contributed by atoms with E-state index >= 15 is 0 Å². The Balaban J connectivity index is 3.30. The molecule has 58 valence electrons. The minimum absolute atomic E-state index is 0.167. The molecular formula is C7H11BrO2. The van der Waals surface area contributed by atoms with E-state index in [4.69, 9.17) is 0 Å². The van der Waals surface area contributed by atoms with Crippen molar-refractivity contribution in [2.75, 3.05) is 11.9 Å². The summed E-state index contributed by atoms with van der Waals surface area (Å²) < 4.78 is 4.68. The first-order valence-electron chi connectivity index (χ1n) is 3.17. The molecule has 0 aromatic heterocycles. The zero-order valence-electron chi connectivity index (χ0n) is 5.97. The Hall–Kier alpha value is -0.310. The maximum Gasteiger partial charge on any atom is 0.309 e. The van der Waals surface area contributed by atoms with Crippen molar-refractivity contribution in [3.05, 3.63) is 12.2 Å². The van der Waals surface area contributed by atoms with Crippen molar-refractivity contribution in [3.63, 3.8) is 0 Å². The van der Waals surface area contributed by atoms with Crippen molar-refractivity contribution in [2.45, 2.75) is 13.3 Å². The van der Waals surface area contributed by atoms with Crippen LogP contribution in [0.1, 0.15) is 13.3 Å². The molecule has 0 unspecified atom stereocenters. The fourth-order valence-electron chi connectivity index (χ4n) is 0.462. The molecule has 3 heteroatoms. The Labute approximate surface area is 69.4 Å². The Kier molecular flexibility index (Phi) is 6.59. The summed E-state index contributed by atoms with van der Waals surface area (Å²) in [6.07, 6.45) is 4.03. The van der Waals surface area contributed by atoms with Crippen molar-refractivity contribution in [1.82, 2.24) is 0 Å². The van der Waals surface area contributed by atoms with Crippen LogP contribution in [0.4, 0.5) is 0 Å². The molecule has 0 N–H and O–H groups in total. The summed E-state index contributed by atoms with van der Waals surface area (Å²) in [7, 11) is 0. The predicted molar refractivity (Wildman–Crippen MR) is 44.2 cm³/mol. The Morgan fingerprint density at radius 2 is 2.30 bits per heavy atom. The van der Waals surface area contributed by atoms with Gasteiger partial charge in [-0.2, -0.15) is 0 Å². The largest absolute Gasteiger partial charge is 0.466 e. The number of esters is 1. The van der Waals surface area contributed by atoms with E-state index in [0.717, 1.165) is 5.33 Å². The first kappa shape index (κ1) is 9.69. The zero-order valence-corrected chi connectivity index (χ0v) is 7.56. The maximum absolute atomic E-state index is 10.6. The molecule has 0 bridgehead atoms. The molecule has 0 atom stereocenters. The van der Waals surface area contributed by atoms with Gasteiger partial charge < -0.3 is 4.74 Å². The molecule has 0 heterocycles. The lowest BCUT2D eigenvalue weighted by molar-refractivity contribution is -0.142. The van der Waals surface area contributed by atoms with Gasteiger partial charge in [0.1, 0.15) is 0 Å². The van der Waals surface area contributed by atoms with Crippen LogP contribution in [0, 0.1) is 0 Å². The molecule has 0 aromatic rings. The van der Waals surface area contributed by atoms with E-state index in [9.17, 15) is 4.79 Å². The Morgan fingerprint density at radius 1 is 1.60 bits per heavy atom. The molecule has 0 spiro atoms. The highest BCUT2D eigenvalue weighted by molar-refractivity contribution is 9.09. The highest BCUT2D eigenvalue weighted by Crippen LogP contribution is 1.89. The van der Waals surface area contributed by atoms with E-state index in [1.807, 2.05) is 6.08 Å². The monoisotopic (exact) mass is 206 g/mol. The Morgan fingerprint density at radius 3 is 2.80 bits per heavy atom. The van der Waals surface area contributed by atoms with Gasteiger partial charge in [0.15, 0.2) is 0 Å². The third-order valence-electron chi connectivity index (χ3n) is 0.846. The van der Waals surface area contributed by atoms with Crippen LogP contribution in [0.25, 0.3) is 0 Å². The fraction of sp³-hybridized carbons (Fsp3) is 0.571. The van der Waals surface area contributed by atoms with Crippen LogP contribution >= 0.6 is 15.9 Å². The molecule has 0 saturated carbocycles. The number of ether oxygens (including phenoxy) is 1. The summed E-state index contributed by atoms with van der Waals surface area (Å²) in [6.45, 7) is 2.26. The summed E-state index contributed by atoms with van der Waals surface area (Å²) in [5, 5.41) is 0.784. The highest BCUT2D eigenvalue weighted by atomic mass is 79.9. The van der Waals surface area contributed by atoms with Crippen molar-refractivity contribution >= 4 is 21.9 Å². The van der Waals surface area contributed by atoms with Crippen LogP contribution in [0.5, 0.6) is 0 Å². The number of halogens is 1. The number of hydrogen-bond acceptors (Lipinski definition) is 2. The van der Waals surface area contributed by atoms with Gasteiger partial charge in [0, 0.05) is 5.33 Å². The molecule has 0 aliphatic heterocycles. The number of allylic oxidation sites excluding steroid dienone is 1. The number of alkyl halides is 1. The molecule has 0 aliphatic carbocycles. The van der Waals surface area contributed by atoms with Gasteiger partial charge in [-0.3, -0.25) is 4.79 Å². The van der Waals surface area contributed by atoms with E-state index in [0.29, 0.717) is 13.0 Å². The van der Waals surface area contributed by atoms with Gasteiger partial charge in [-0.05, 0) is 6.92 Å². The van der Waals surface area contributed by atoms with Gasteiger partial charge in [-0.1, -0.05) is 28.1 Å². The molecular weight excluding hydrogens is 196 g/mol. The van der Waals surface area contributed by atoms with Gasteiger partial charge in [0.25, 0.3) is 0 Å². The number of hydrogen-bond donors (Lipinski definition) is 0. The zero-order chi connectivity index (χ0) is 7.82. The topological polar surface area (TPSA) is 26.3 Å². The fourth-order valence-corrected chi connectivity index (χ4v) is 0.727. The number of carbonyl (C=O) groups is 1. The molecule has 0 fully saturated rings. The van der Waals surface area contributed by atoms with E-state index in [1.165, 1.54) is 0 Å². The van der Waals surface area contributed by atoms with Gasteiger partial charge in [0.05, 0.1) is 13.0 Å². The molecule has 0 saturated heterocycles. The second-order valence-electron chi connectivity index (χ2n) is 1.63. The van der Waals surface area contributed by atoms with Crippen LogP contribution < -0.4 is 0 Å². The standard InChI is InChI=1S/C7H11BrO2/c1-2-10-7(9)5-3-4-6-8/h3-4H,2,5-6H2,1H3. The van der Waals surface area contributed by atoms with Crippen molar-refractivity contribution < 1.29 is 9.53 Å². The SMILES string of the molecule is CCOC(=O)CC=CCBr. The van der Waals surface area contributed by atoms with Crippen molar-refractivity contribution in [3.8, 4) is 0 Å². The quantitative estimate of drug-likeness (QED) is 0.399. The van der Waals surface area contributed by atoms with Crippen LogP contribution in [-0.2, 0) is 9.53 Å². The molecule has 0 rings (SSSR count). The highest BCUT2D eigenvalue weighted by Gasteiger charge is 1.94. The van der Waals surface area contributed by atoms with Gasteiger partial charge in [-0.15, -0.1) is 0 Å². The maximum atomic E-state index is 10.6.